The lowest BCUT2D eigenvalue weighted by Crippen LogP contribution is -2.16. The smallest absolute Gasteiger partial charge is 0.140 e. The van der Waals surface area contributed by atoms with Gasteiger partial charge in [0.1, 0.15) is 0 Å². The summed E-state index contributed by atoms with van der Waals surface area (Å²) in [4.78, 5) is 0. The Labute approximate surface area is 75.7 Å². The molecule has 10 heavy (non-hydrogen) atoms. The van der Waals surface area contributed by atoms with E-state index in [-0.39, 0.29) is 0 Å². The molecule has 0 bridgehead atoms. The van der Waals surface area contributed by atoms with Crippen molar-refractivity contribution in [3.63, 3.8) is 0 Å². The van der Waals surface area contributed by atoms with Crippen molar-refractivity contribution >= 4 is 46.4 Å². The normalized spacial score (nSPS) is 10.4. The highest BCUT2D eigenvalue weighted by atomic mass is 35.7. The fraction of sp³-hybridized carbons (Fsp3) is 0. The van der Waals surface area contributed by atoms with Crippen LogP contribution in [0.4, 0.5) is 0 Å². The fourth-order valence-electron chi connectivity index (χ4n) is 0.606. The van der Waals surface area contributed by atoms with Gasteiger partial charge in [-0.25, -0.2) is 0 Å². The van der Waals surface area contributed by atoms with Gasteiger partial charge in [0.05, 0.1) is 0 Å². The number of halogens is 3. The van der Waals surface area contributed by atoms with Crippen LogP contribution in [-0.4, -0.2) is 7.42 Å². The molecule has 0 fully saturated rings. The Morgan fingerprint density at radius 3 is 2.30 bits per heavy atom. The molecule has 0 aliphatic carbocycles. The van der Waals surface area contributed by atoms with E-state index in [2.05, 4.69) is 0 Å². The second kappa shape index (κ2) is 3.63. The molecule has 0 N–H and O–H groups in total. The lowest BCUT2D eigenvalue weighted by molar-refractivity contribution is 1.77. The lowest BCUT2D eigenvalue weighted by Gasteiger charge is -1.97. The molecule has 0 aliphatic rings. The molecule has 0 atom stereocenters. The Balaban J connectivity index is 2.96. The molecule has 0 nitrogen and oxygen atoms in total. The molecule has 1 rings (SSSR count). The van der Waals surface area contributed by atoms with Gasteiger partial charge < -0.3 is 0 Å². The highest BCUT2D eigenvalue weighted by Crippen LogP contribution is 2.06. The topological polar surface area (TPSA) is 0 Å². The zero-order valence-corrected chi connectivity index (χ0v) is 8.21. The highest BCUT2D eigenvalue weighted by molar-refractivity contribution is 7.39. The Morgan fingerprint density at radius 2 is 1.90 bits per heavy atom. The van der Waals surface area contributed by atoms with Crippen LogP contribution in [0.15, 0.2) is 24.3 Å². The van der Waals surface area contributed by atoms with Crippen molar-refractivity contribution in [2.24, 2.45) is 0 Å². The van der Waals surface area contributed by atoms with Gasteiger partial charge in [-0.1, -0.05) is 23.7 Å². The molecule has 0 saturated heterocycles. The van der Waals surface area contributed by atoms with Crippen LogP contribution in [0.2, 0.25) is 5.02 Å². The van der Waals surface area contributed by atoms with Crippen LogP contribution in [0.3, 0.4) is 0 Å². The Bertz CT molecular complexity index is 224. The van der Waals surface area contributed by atoms with Gasteiger partial charge in [-0.3, -0.25) is 0 Å². The van der Waals surface area contributed by atoms with E-state index in [0.717, 1.165) is 5.19 Å². The average molecular weight is 211 g/mol. The maximum atomic E-state index is 5.69. The number of rotatable bonds is 1. The van der Waals surface area contributed by atoms with E-state index < -0.39 is 7.42 Å². The zero-order chi connectivity index (χ0) is 7.56. The summed E-state index contributed by atoms with van der Waals surface area (Å²) in [5, 5.41) is 1.61. The molecule has 1 aromatic rings. The van der Waals surface area contributed by atoms with Gasteiger partial charge in [-0.2, -0.15) is 0 Å². The summed E-state index contributed by atoms with van der Waals surface area (Å²) < 4.78 is 0. The minimum Gasteiger partial charge on any atom is -0.140 e. The van der Waals surface area contributed by atoms with Crippen LogP contribution in [0.1, 0.15) is 0 Å². The maximum absolute atomic E-state index is 5.69. The molecule has 0 unspecified atom stereocenters. The molecule has 0 heterocycles. The SMILES string of the molecule is Clc1cccc([Si](Cl)Cl)c1. The summed E-state index contributed by atoms with van der Waals surface area (Å²) in [6.45, 7) is 0. The molecule has 0 spiro atoms. The molecular weight excluding hydrogens is 207 g/mol. The maximum Gasteiger partial charge on any atom is 0.307 e. The Morgan fingerprint density at radius 1 is 1.20 bits per heavy atom. The van der Waals surface area contributed by atoms with Gasteiger partial charge in [0.15, 0.2) is 0 Å². The van der Waals surface area contributed by atoms with Crippen molar-refractivity contribution in [2.75, 3.05) is 0 Å². The summed E-state index contributed by atoms with van der Waals surface area (Å²) in [5.74, 6) is 0. The summed E-state index contributed by atoms with van der Waals surface area (Å²) in [6, 6.07) is 7.30. The van der Waals surface area contributed by atoms with Crippen molar-refractivity contribution in [3.05, 3.63) is 29.3 Å². The minimum absolute atomic E-state index is 0.682. The first-order valence-electron chi connectivity index (χ1n) is 2.64. The predicted octanol–water partition coefficient (Wildman–Crippen LogP) is 2.51. The largest absolute Gasteiger partial charge is 0.307 e. The van der Waals surface area contributed by atoms with Gasteiger partial charge in [0.25, 0.3) is 0 Å². The van der Waals surface area contributed by atoms with Gasteiger partial charge in [0.2, 0.25) is 0 Å². The third-order valence-corrected chi connectivity index (χ3v) is 3.33. The number of hydrogen-bond donors (Lipinski definition) is 0. The van der Waals surface area contributed by atoms with Gasteiger partial charge >= 0.3 is 7.42 Å². The monoisotopic (exact) mass is 209 g/mol. The summed E-state index contributed by atoms with van der Waals surface area (Å²) >= 11 is 17.1. The standard InChI is InChI=1S/C6H4Cl3Si/c7-5-2-1-3-6(4-5)10(8)9/h1-4H. The van der Waals surface area contributed by atoms with Gasteiger partial charge in [-0.15, -0.1) is 22.2 Å². The second-order valence-corrected chi connectivity index (χ2v) is 6.15. The van der Waals surface area contributed by atoms with E-state index in [1.807, 2.05) is 12.1 Å². The van der Waals surface area contributed by atoms with Crippen LogP contribution in [0.25, 0.3) is 0 Å². The Hall–Kier alpha value is 0.307. The van der Waals surface area contributed by atoms with Crippen molar-refractivity contribution < 1.29 is 0 Å². The molecule has 1 radical (unpaired) electrons. The summed E-state index contributed by atoms with van der Waals surface area (Å²) in [6.07, 6.45) is 0. The lowest BCUT2D eigenvalue weighted by atomic mass is 10.4. The first-order chi connectivity index (χ1) is 4.70. The number of hydrogen-bond acceptors (Lipinski definition) is 0. The average Bonchev–Trinajstić information content (AvgIpc) is 1.88. The highest BCUT2D eigenvalue weighted by Gasteiger charge is 2.06. The van der Waals surface area contributed by atoms with Crippen molar-refractivity contribution in [1.82, 2.24) is 0 Å². The molecule has 0 aromatic heterocycles. The van der Waals surface area contributed by atoms with Crippen LogP contribution >= 0.6 is 33.8 Å². The predicted molar refractivity (Wildman–Crippen MR) is 48.5 cm³/mol. The number of benzene rings is 1. The van der Waals surface area contributed by atoms with Crippen LogP contribution in [0.5, 0.6) is 0 Å². The van der Waals surface area contributed by atoms with Crippen molar-refractivity contribution in [3.8, 4) is 0 Å². The third kappa shape index (κ3) is 2.17. The molecule has 4 heteroatoms. The second-order valence-electron chi connectivity index (χ2n) is 1.77. The Kier molecular flexibility index (Phi) is 3.05. The van der Waals surface area contributed by atoms with Gasteiger partial charge in [-0.05, 0) is 17.3 Å². The van der Waals surface area contributed by atoms with Crippen LogP contribution in [0, 0.1) is 0 Å². The van der Waals surface area contributed by atoms with Crippen LogP contribution < -0.4 is 5.19 Å². The molecule has 1 aromatic carbocycles. The summed E-state index contributed by atoms with van der Waals surface area (Å²) in [5.41, 5.74) is 0. The van der Waals surface area contributed by atoms with Crippen LogP contribution in [-0.2, 0) is 0 Å². The zero-order valence-electron chi connectivity index (χ0n) is 4.94. The summed E-state index contributed by atoms with van der Waals surface area (Å²) in [7, 11) is -1.37. The van der Waals surface area contributed by atoms with E-state index in [4.69, 9.17) is 33.8 Å². The van der Waals surface area contributed by atoms with Gasteiger partial charge in [0, 0.05) is 5.02 Å². The molecule has 0 amide bonds. The molecule has 53 valence electrons. The van der Waals surface area contributed by atoms with E-state index >= 15 is 0 Å². The fourth-order valence-corrected chi connectivity index (χ4v) is 2.08. The quantitative estimate of drug-likeness (QED) is 0.494. The van der Waals surface area contributed by atoms with E-state index in [1.54, 1.807) is 12.1 Å². The minimum atomic E-state index is -1.37. The van der Waals surface area contributed by atoms with E-state index in [9.17, 15) is 0 Å². The van der Waals surface area contributed by atoms with Crippen molar-refractivity contribution in [1.29, 1.82) is 0 Å². The first kappa shape index (κ1) is 8.40. The van der Waals surface area contributed by atoms with E-state index in [0.29, 0.717) is 5.02 Å². The molecule has 0 saturated carbocycles. The molecule has 0 aliphatic heterocycles. The third-order valence-electron chi connectivity index (χ3n) is 1.04. The van der Waals surface area contributed by atoms with Crippen molar-refractivity contribution in [2.45, 2.75) is 0 Å². The van der Waals surface area contributed by atoms with E-state index in [1.165, 1.54) is 0 Å². The first-order valence-corrected chi connectivity index (χ1v) is 6.54. The molecular formula is C6H4Cl3Si.